The van der Waals surface area contributed by atoms with E-state index in [1.807, 2.05) is 29.2 Å². The molecule has 9 heteroatoms. The first-order chi connectivity index (χ1) is 15.5. The lowest BCUT2D eigenvalue weighted by atomic mass is 10.1. The minimum Gasteiger partial charge on any atom is -0.497 e. The maximum atomic E-state index is 13.1. The van der Waals surface area contributed by atoms with Gasteiger partial charge < -0.3 is 24.3 Å². The number of benzene rings is 2. The number of anilines is 1. The number of rotatable bonds is 6. The molecule has 32 heavy (non-hydrogen) atoms. The summed E-state index contributed by atoms with van der Waals surface area (Å²) in [5.41, 5.74) is 2.03. The number of ether oxygens (including phenoxy) is 2. The van der Waals surface area contributed by atoms with E-state index in [1.165, 1.54) is 4.57 Å². The summed E-state index contributed by atoms with van der Waals surface area (Å²) in [5.74, 6) is 0.771. The number of nitrogens with zero attached hydrogens (tertiary/aromatic N) is 3. The second kappa shape index (κ2) is 9.54. The van der Waals surface area contributed by atoms with Crippen LogP contribution < -0.4 is 15.2 Å². The van der Waals surface area contributed by atoms with E-state index in [1.54, 1.807) is 32.4 Å². The Kier molecular flexibility index (Phi) is 6.57. The van der Waals surface area contributed by atoms with E-state index in [2.05, 4.69) is 9.88 Å². The number of nitrogens with one attached hydrogen (secondary N) is 1. The van der Waals surface area contributed by atoms with Gasteiger partial charge in [0.05, 0.1) is 31.2 Å². The van der Waals surface area contributed by atoms with Gasteiger partial charge in [-0.25, -0.2) is 0 Å². The zero-order valence-electron chi connectivity index (χ0n) is 18.2. The standard InChI is InChI=1S/C23H26N4O4S/c1-30-14-13-27-22(29)19-8-3-16(15-20(19)24-23(27)32)21(28)26-11-9-25(10-12-26)17-4-6-18(31-2)7-5-17/h3-8,15H,9-14H2,1-2H3,(H,24,32). The first-order valence-electron chi connectivity index (χ1n) is 10.5. The summed E-state index contributed by atoms with van der Waals surface area (Å²) in [6, 6.07) is 13.0. The minimum absolute atomic E-state index is 0.0517. The molecular weight excluding hydrogens is 428 g/mol. The first kappa shape index (κ1) is 22.0. The maximum Gasteiger partial charge on any atom is 0.262 e. The highest BCUT2D eigenvalue weighted by atomic mass is 32.1. The number of methoxy groups -OCH3 is 2. The molecule has 0 saturated carbocycles. The van der Waals surface area contributed by atoms with Crippen molar-refractivity contribution in [3.8, 4) is 5.75 Å². The zero-order valence-corrected chi connectivity index (χ0v) is 19.0. The average Bonchev–Trinajstić information content (AvgIpc) is 2.83. The summed E-state index contributed by atoms with van der Waals surface area (Å²) in [5, 5.41) is 0.496. The Morgan fingerprint density at radius 1 is 1.06 bits per heavy atom. The summed E-state index contributed by atoms with van der Waals surface area (Å²) in [6.07, 6.45) is 0. The molecule has 0 spiro atoms. The molecule has 0 unspecified atom stereocenters. The van der Waals surface area contributed by atoms with Crippen molar-refractivity contribution in [3.63, 3.8) is 0 Å². The maximum absolute atomic E-state index is 13.1. The number of aromatic amines is 1. The SMILES string of the molecule is COCCn1c(=S)[nH]c2cc(C(=O)N3CCN(c4ccc(OC)cc4)CC3)ccc2c1=O. The quantitative estimate of drug-likeness (QED) is 0.577. The van der Waals surface area contributed by atoms with Crippen LogP contribution in [0.2, 0.25) is 0 Å². The summed E-state index contributed by atoms with van der Waals surface area (Å²) in [4.78, 5) is 33.0. The number of hydrogen-bond donors (Lipinski definition) is 1. The fourth-order valence-corrected chi connectivity index (χ4v) is 4.20. The fourth-order valence-electron chi connectivity index (χ4n) is 3.92. The van der Waals surface area contributed by atoms with E-state index < -0.39 is 0 Å². The Labute approximate surface area is 191 Å². The van der Waals surface area contributed by atoms with Crippen molar-refractivity contribution in [2.24, 2.45) is 0 Å². The lowest BCUT2D eigenvalue weighted by Crippen LogP contribution is -2.48. The van der Waals surface area contributed by atoms with Gasteiger partial charge in [-0.1, -0.05) is 0 Å². The molecule has 1 fully saturated rings. The zero-order chi connectivity index (χ0) is 22.7. The number of H-pyrrole nitrogens is 1. The van der Waals surface area contributed by atoms with Crippen LogP contribution in [0.4, 0.5) is 5.69 Å². The minimum atomic E-state index is -0.187. The summed E-state index contributed by atoms with van der Waals surface area (Å²) < 4.78 is 12.1. The van der Waals surface area contributed by atoms with E-state index in [4.69, 9.17) is 21.7 Å². The van der Waals surface area contributed by atoms with Crippen LogP contribution >= 0.6 is 12.2 Å². The first-order valence-corrected chi connectivity index (χ1v) is 10.9. The van der Waals surface area contributed by atoms with Crippen LogP contribution in [0.3, 0.4) is 0 Å². The molecule has 1 saturated heterocycles. The Morgan fingerprint density at radius 3 is 2.44 bits per heavy atom. The van der Waals surface area contributed by atoms with Gasteiger partial charge in [0.1, 0.15) is 5.75 Å². The van der Waals surface area contributed by atoms with Crippen LogP contribution in [-0.4, -0.2) is 67.4 Å². The highest BCUT2D eigenvalue weighted by molar-refractivity contribution is 7.71. The lowest BCUT2D eigenvalue weighted by molar-refractivity contribution is 0.0747. The number of hydrogen-bond acceptors (Lipinski definition) is 6. The van der Waals surface area contributed by atoms with Crippen molar-refractivity contribution >= 4 is 34.7 Å². The van der Waals surface area contributed by atoms with Gasteiger partial charge >= 0.3 is 0 Å². The third kappa shape index (κ3) is 4.39. The molecule has 1 aromatic heterocycles. The van der Waals surface area contributed by atoms with Gasteiger partial charge in [0.2, 0.25) is 0 Å². The van der Waals surface area contributed by atoms with Gasteiger partial charge in [-0.3, -0.25) is 14.2 Å². The topological polar surface area (TPSA) is 79.8 Å². The normalized spacial score (nSPS) is 14.1. The van der Waals surface area contributed by atoms with Gasteiger partial charge in [-0.2, -0.15) is 0 Å². The number of piperazine rings is 1. The molecule has 2 heterocycles. The number of carbonyl (C=O) groups excluding carboxylic acids is 1. The molecule has 2 aromatic carbocycles. The monoisotopic (exact) mass is 454 g/mol. The van der Waals surface area contributed by atoms with Crippen LogP contribution in [0.1, 0.15) is 10.4 Å². The predicted octanol–water partition coefficient (Wildman–Crippen LogP) is 2.68. The van der Waals surface area contributed by atoms with Crippen LogP contribution in [0, 0.1) is 4.77 Å². The Balaban J connectivity index is 1.49. The third-order valence-electron chi connectivity index (χ3n) is 5.75. The highest BCUT2D eigenvalue weighted by Gasteiger charge is 2.23. The molecule has 1 aliphatic rings. The van der Waals surface area contributed by atoms with E-state index in [9.17, 15) is 9.59 Å². The number of carbonyl (C=O) groups is 1. The van der Waals surface area contributed by atoms with Gasteiger partial charge in [0.15, 0.2) is 4.77 Å². The molecule has 0 aliphatic carbocycles. The lowest BCUT2D eigenvalue weighted by Gasteiger charge is -2.36. The van der Waals surface area contributed by atoms with Crippen LogP contribution in [0.15, 0.2) is 47.3 Å². The van der Waals surface area contributed by atoms with Crippen LogP contribution in [0.5, 0.6) is 5.75 Å². The highest BCUT2D eigenvalue weighted by Crippen LogP contribution is 2.21. The second-order valence-electron chi connectivity index (χ2n) is 7.62. The molecule has 0 atom stereocenters. The van der Waals surface area contributed by atoms with Gasteiger partial charge in [-0.05, 0) is 54.7 Å². The molecule has 0 bridgehead atoms. The van der Waals surface area contributed by atoms with Gasteiger partial charge in [0.25, 0.3) is 11.5 Å². The Bertz CT molecular complexity index is 1230. The molecule has 1 amide bonds. The van der Waals surface area contributed by atoms with E-state index in [0.717, 1.165) is 24.5 Å². The van der Waals surface area contributed by atoms with Crippen molar-refractivity contribution in [1.29, 1.82) is 0 Å². The number of aromatic nitrogens is 2. The largest absolute Gasteiger partial charge is 0.497 e. The molecule has 8 nitrogen and oxygen atoms in total. The van der Waals surface area contributed by atoms with E-state index in [-0.39, 0.29) is 11.5 Å². The van der Waals surface area contributed by atoms with Gasteiger partial charge in [-0.15, -0.1) is 0 Å². The molecule has 1 aliphatic heterocycles. The molecule has 4 rings (SSSR count). The smallest absolute Gasteiger partial charge is 0.262 e. The van der Waals surface area contributed by atoms with Crippen molar-refractivity contribution in [2.45, 2.75) is 6.54 Å². The van der Waals surface area contributed by atoms with Crippen LogP contribution in [-0.2, 0) is 11.3 Å². The third-order valence-corrected chi connectivity index (χ3v) is 6.07. The Hall–Kier alpha value is -3.17. The molecule has 3 aromatic rings. The molecular formula is C23H26N4O4S. The molecule has 1 N–H and O–H groups in total. The van der Waals surface area contributed by atoms with Crippen LogP contribution in [0.25, 0.3) is 10.9 Å². The van der Waals surface area contributed by atoms with Crippen molar-refractivity contribution < 1.29 is 14.3 Å². The van der Waals surface area contributed by atoms with Crippen molar-refractivity contribution in [2.75, 3.05) is 51.9 Å². The summed E-state index contributed by atoms with van der Waals surface area (Å²) in [6.45, 7) is 3.51. The second-order valence-corrected chi connectivity index (χ2v) is 8.00. The van der Waals surface area contributed by atoms with Crippen molar-refractivity contribution in [1.82, 2.24) is 14.5 Å². The molecule has 168 valence electrons. The van der Waals surface area contributed by atoms with Crippen molar-refractivity contribution in [3.05, 3.63) is 63.2 Å². The summed E-state index contributed by atoms with van der Waals surface area (Å²) in [7, 11) is 3.23. The number of amides is 1. The van der Waals surface area contributed by atoms with Gasteiger partial charge in [0, 0.05) is 44.5 Å². The fraction of sp³-hybridized carbons (Fsp3) is 0.348. The van der Waals surface area contributed by atoms with E-state index in [0.29, 0.717) is 47.5 Å². The predicted molar refractivity (Wildman–Crippen MR) is 126 cm³/mol. The average molecular weight is 455 g/mol. The summed E-state index contributed by atoms with van der Waals surface area (Å²) >= 11 is 5.33. The molecule has 0 radical (unpaired) electrons. The van der Waals surface area contributed by atoms with E-state index >= 15 is 0 Å². The Morgan fingerprint density at radius 2 is 1.78 bits per heavy atom. The number of fused-ring (bicyclic) bond motifs is 1.